The summed E-state index contributed by atoms with van der Waals surface area (Å²) in [4.78, 5) is 0.201. The summed E-state index contributed by atoms with van der Waals surface area (Å²) < 4.78 is 45.2. The van der Waals surface area contributed by atoms with Crippen LogP contribution in [0.25, 0.3) is 0 Å². The molecule has 8 heteroatoms. The van der Waals surface area contributed by atoms with Gasteiger partial charge in [0.2, 0.25) is 10.0 Å². The van der Waals surface area contributed by atoms with E-state index in [1.54, 1.807) is 69.9 Å². The van der Waals surface area contributed by atoms with Gasteiger partial charge in [-0.1, -0.05) is 41.4 Å². The third-order valence-corrected chi connectivity index (χ3v) is 6.87. The van der Waals surface area contributed by atoms with E-state index in [1.807, 2.05) is 19.1 Å². The molecular weight excluding hydrogens is 450 g/mol. The second kappa shape index (κ2) is 10.3. The minimum Gasteiger partial charge on any atom is -0.496 e. The van der Waals surface area contributed by atoms with Crippen molar-refractivity contribution in [1.82, 2.24) is 4.72 Å². The first kappa shape index (κ1) is 23.9. The van der Waals surface area contributed by atoms with Crippen molar-refractivity contribution in [3.8, 4) is 17.2 Å². The van der Waals surface area contributed by atoms with Crippen molar-refractivity contribution >= 4 is 21.6 Å². The van der Waals surface area contributed by atoms with E-state index < -0.39 is 15.9 Å². The molecule has 0 aliphatic heterocycles. The van der Waals surface area contributed by atoms with Crippen molar-refractivity contribution in [1.29, 1.82) is 0 Å². The van der Waals surface area contributed by atoms with Crippen LogP contribution < -0.4 is 18.9 Å². The normalized spacial score (nSPS) is 12.3. The average molecular weight is 476 g/mol. The van der Waals surface area contributed by atoms with Crippen LogP contribution in [0.1, 0.15) is 22.6 Å². The van der Waals surface area contributed by atoms with E-state index >= 15 is 0 Å². The molecule has 3 rings (SSSR count). The summed E-state index contributed by atoms with van der Waals surface area (Å²) in [6.45, 7) is 1.99. The van der Waals surface area contributed by atoms with Crippen molar-refractivity contribution in [2.75, 3.05) is 27.9 Å². The number of ether oxygens (including phenoxy) is 3. The molecule has 0 aliphatic rings. The number of hydrogen-bond donors (Lipinski definition) is 1. The predicted octanol–water partition coefficient (Wildman–Crippen LogP) is 4.78. The van der Waals surface area contributed by atoms with Crippen molar-refractivity contribution < 1.29 is 22.6 Å². The van der Waals surface area contributed by atoms with Crippen molar-refractivity contribution in [3.63, 3.8) is 0 Å². The molecule has 0 bridgehead atoms. The quantitative estimate of drug-likeness (QED) is 0.482. The highest BCUT2D eigenvalue weighted by molar-refractivity contribution is 7.89. The molecule has 170 valence electrons. The molecule has 1 N–H and O–H groups in total. The lowest BCUT2D eigenvalue weighted by atomic mass is 9.89. The van der Waals surface area contributed by atoms with Gasteiger partial charge in [0.15, 0.2) is 0 Å². The Morgan fingerprint density at radius 2 is 1.44 bits per heavy atom. The first-order chi connectivity index (χ1) is 15.3. The van der Waals surface area contributed by atoms with Gasteiger partial charge in [-0.05, 0) is 36.8 Å². The highest BCUT2D eigenvalue weighted by Crippen LogP contribution is 2.42. The molecule has 0 saturated heterocycles. The third kappa shape index (κ3) is 5.35. The number of methoxy groups -OCH3 is 3. The molecule has 0 amide bonds. The van der Waals surface area contributed by atoms with Crippen LogP contribution in [0.15, 0.2) is 65.6 Å². The Labute approximate surface area is 194 Å². The Bertz CT molecular complexity index is 1140. The second-order valence-electron chi connectivity index (χ2n) is 7.21. The van der Waals surface area contributed by atoms with E-state index in [0.717, 1.165) is 11.1 Å². The van der Waals surface area contributed by atoms with Gasteiger partial charge in [0.25, 0.3) is 0 Å². The summed E-state index contributed by atoms with van der Waals surface area (Å²) in [7, 11) is 0.923. The zero-order chi connectivity index (χ0) is 23.3. The van der Waals surface area contributed by atoms with Crippen LogP contribution in [0.3, 0.4) is 0 Å². The monoisotopic (exact) mass is 475 g/mol. The molecular formula is C24H26ClNO5S. The summed E-state index contributed by atoms with van der Waals surface area (Å²) in [6, 6.07) is 17.4. The molecule has 0 aromatic heterocycles. The molecule has 0 heterocycles. The zero-order valence-corrected chi connectivity index (χ0v) is 20.0. The first-order valence-corrected chi connectivity index (χ1v) is 11.8. The molecule has 0 spiro atoms. The van der Waals surface area contributed by atoms with Crippen LogP contribution in [-0.2, 0) is 10.0 Å². The van der Waals surface area contributed by atoms with Crippen LogP contribution in [0.5, 0.6) is 17.2 Å². The largest absolute Gasteiger partial charge is 0.496 e. The Morgan fingerprint density at radius 3 is 1.94 bits per heavy atom. The topological polar surface area (TPSA) is 73.9 Å². The van der Waals surface area contributed by atoms with Crippen LogP contribution in [-0.4, -0.2) is 36.3 Å². The van der Waals surface area contributed by atoms with Gasteiger partial charge >= 0.3 is 0 Å². The molecule has 0 saturated carbocycles. The van der Waals surface area contributed by atoms with Crippen LogP contribution in [0.2, 0.25) is 5.02 Å². The minimum atomic E-state index is -3.73. The number of nitrogens with one attached hydrogen (secondary N) is 1. The van der Waals surface area contributed by atoms with Gasteiger partial charge in [0, 0.05) is 35.2 Å². The third-order valence-electron chi connectivity index (χ3n) is 5.18. The first-order valence-electron chi connectivity index (χ1n) is 9.90. The summed E-state index contributed by atoms with van der Waals surface area (Å²) in [5.41, 5.74) is 2.53. The molecule has 1 unspecified atom stereocenters. The van der Waals surface area contributed by atoms with Gasteiger partial charge in [-0.25, -0.2) is 13.1 Å². The smallest absolute Gasteiger partial charge is 0.240 e. The van der Waals surface area contributed by atoms with Crippen LogP contribution >= 0.6 is 11.6 Å². The highest BCUT2D eigenvalue weighted by Gasteiger charge is 2.26. The summed E-state index contributed by atoms with van der Waals surface area (Å²) in [6.07, 6.45) is 0. The van der Waals surface area contributed by atoms with Gasteiger partial charge in [-0.2, -0.15) is 0 Å². The Balaban J connectivity index is 2.06. The maximum absolute atomic E-state index is 13.0. The van der Waals surface area contributed by atoms with Gasteiger partial charge < -0.3 is 14.2 Å². The van der Waals surface area contributed by atoms with Crippen molar-refractivity contribution in [3.05, 3.63) is 82.4 Å². The van der Waals surface area contributed by atoms with E-state index in [-0.39, 0.29) is 11.4 Å². The lowest BCUT2D eigenvalue weighted by molar-refractivity contribution is 0.366. The number of sulfonamides is 1. The summed E-state index contributed by atoms with van der Waals surface area (Å²) >= 11 is 6.08. The lowest BCUT2D eigenvalue weighted by Crippen LogP contribution is -2.29. The van der Waals surface area contributed by atoms with Gasteiger partial charge in [-0.15, -0.1) is 0 Å². The molecule has 0 radical (unpaired) electrons. The molecule has 6 nitrogen and oxygen atoms in total. The zero-order valence-electron chi connectivity index (χ0n) is 18.4. The maximum atomic E-state index is 13.0. The van der Waals surface area contributed by atoms with Gasteiger partial charge in [-0.3, -0.25) is 0 Å². The molecule has 32 heavy (non-hydrogen) atoms. The fraction of sp³-hybridized carbons (Fsp3) is 0.250. The number of benzene rings is 3. The summed E-state index contributed by atoms with van der Waals surface area (Å²) in [5, 5.41) is 0.585. The highest BCUT2D eigenvalue weighted by atomic mass is 35.5. The fourth-order valence-electron chi connectivity index (χ4n) is 3.45. The fourth-order valence-corrected chi connectivity index (χ4v) is 4.62. The van der Waals surface area contributed by atoms with E-state index in [2.05, 4.69) is 4.72 Å². The Kier molecular flexibility index (Phi) is 7.66. The molecule has 3 aromatic rings. The minimum absolute atomic E-state index is 0.0802. The molecule has 3 aromatic carbocycles. The van der Waals surface area contributed by atoms with Crippen molar-refractivity contribution in [2.45, 2.75) is 17.7 Å². The molecule has 0 aliphatic carbocycles. The Hall–Kier alpha value is -2.74. The standard InChI is InChI=1S/C24H26ClNO5S/c1-16-5-11-20(12-6-16)32(27,28)26-15-21(17-7-9-18(25)10-8-17)24-22(30-3)13-19(29-2)14-23(24)31-4/h5-14,21,26H,15H2,1-4H3. The molecule has 0 fully saturated rings. The molecule has 1 atom stereocenters. The van der Waals surface area contributed by atoms with Gasteiger partial charge in [0.1, 0.15) is 17.2 Å². The Morgan fingerprint density at radius 1 is 0.875 bits per heavy atom. The summed E-state index contributed by atoms with van der Waals surface area (Å²) in [5.74, 6) is 1.20. The number of aryl methyl sites for hydroxylation is 1. The van der Waals surface area contributed by atoms with E-state index in [1.165, 1.54) is 0 Å². The average Bonchev–Trinajstić information content (AvgIpc) is 2.80. The van der Waals surface area contributed by atoms with E-state index in [0.29, 0.717) is 27.8 Å². The number of rotatable bonds is 9. The number of hydrogen-bond acceptors (Lipinski definition) is 5. The van der Waals surface area contributed by atoms with Crippen LogP contribution in [0, 0.1) is 6.92 Å². The van der Waals surface area contributed by atoms with E-state index in [4.69, 9.17) is 25.8 Å². The van der Waals surface area contributed by atoms with Gasteiger partial charge in [0.05, 0.1) is 26.2 Å². The number of halogens is 1. The predicted molar refractivity (Wildman–Crippen MR) is 126 cm³/mol. The SMILES string of the molecule is COc1cc(OC)c(C(CNS(=O)(=O)c2ccc(C)cc2)c2ccc(Cl)cc2)c(OC)c1. The van der Waals surface area contributed by atoms with E-state index in [9.17, 15) is 8.42 Å². The second-order valence-corrected chi connectivity index (χ2v) is 9.42. The lowest BCUT2D eigenvalue weighted by Gasteiger charge is -2.24. The van der Waals surface area contributed by atoms with Crippen LogP contribution in [0.4, 0.5) is 0 Å². The maximum Gasteiger partial charge on any atom is 0.240 e. The van der Waals surface area contributed by atoms with Crippen molar-refractivity contribution in [2.24, 2.45) is 0 Å².